The molecule has 2 aromatic heterocycles. The fraction of sp³-hybridized carbons (Fsp3) is 0.208. The summed E-state index contributed by atoms with van der Waals surface area (Å²) in [5, 5.41) is 3.85. The molecule has 6 nitrogen and oxygen atoms in total. The van der Waals surface area contributed by atoms with Crippen LogP contribution in [0.2, 0.25) is 0 Å². The summed E-state index contributed by atoms with van der Waals surface area (Å²) in [6, 6.07) is 12.5. The Bertz CT molecular complexity index is 1250. The Kier molecular flexibility index (Phi) is 7.30. The van der Waals surface area contributed by atoms with Crippen LogP contribution in [0.3, 0.4) is 0 Å². The van der Waals surface area contributed by atoms with E-state index < -0.39 is 5.54 Å². The van der Waals surface area contributed by atoms with E-state index in [0.717, 1.165) is 46.6 Å². The second kappa shape index (κ2) is 10.4. The molecule has 4 aromatic rings. The smallest absolute Gasteiger partial charge is 0.246 e. The van der Waals surface area contributed by atoms with Crippen molar-refractivity contribution in [3.8, 4) is 20.9 Å². The van der Waals surface area contributed by atoms with Crippen LogP contribution in [0.15, 0.2) is 60.9 Å². The van der Waals surface area contributed by atoms with E-state index >= 15 is 0 Å². The predicted octanol–water partition coefficient (Wildman–Crippen LogP) is 5.69. The maximum absolute atomic E-state index is 12.9. The maximum atomic E-state index is 12.9. The standard InChI is InChI=1S/C15H16FN3OS.C9H7FN2S/c16-11-5-3-10(4-6-11)12-9-18-14(21-12)19-13(20)15(17)7-1-2-8-15;10-7-3-1-6(2-4-7)8-5-12-9(11)13-8/h3-6,9H,1-2,7-8,17H2,(H,18,19,20);1-5H,(H2,11,12). The highest BCUT2D eigenvalue weighted by Gasteiger charge is 2.37. The first-order valence-corrected chi connectivity index (χ1v) is 12.2. The molecule has 1 amide bonds. The summed E-state index contributed by atoms with van der Waals surface area (Å²) in [5.41, 5.74) is 12.6. The SMILES string of the molecule is NC1(C(=O)Nc2ncc(-c3ccc(F)cc3)s2)CCCC1.Nc1ncc(-c2ccc(F)cc2)s1. The summed E-state index contributed by atoms with van der Waals surface area (Å²) in [7, 11) is 0. The number of anilines is 2. The number of nitrogens with zero attached hydrogens (tertiary/aromatic N) is 2. The molecule has 1 aliphatic rings. The fourth-order valence-corrected chi connectivity index (χ4v) is 5.08. The van der Waals surface area contributed by atoms with Gasteiger partial charge in [0, 0.05) is 12.4 Å². The van der Waals surface area contributed by atoms with Crippen LogP contribution < -0.4 is 16.8 Å². The van der Waals surface area contributed by atoms with Gasteiger partial charge in [-0.25, -0.2) is 18.7 Å². The van der Waals surface area contributed by atoms with Crippen LogP contribution in [0, 0.1) is 11.6 Å². The van der Waals surface area contributed by atoms with E-state index in [1.165, 1.54) is 46.9 Å². The molecule has 5 rings (SSSR count). The number of hydrogen-bond acceptors (Lipinski definition) is 7. The van der Waals surface area contributed by atoms with Crippen LogP contribution in [0.25, 0.3) is 20.9 Å². The number of halogens is 2. The molecule has 0 saturated heterocycles. The lowest BCUT2D eigenvalue weighted by atomic mass is 9.98. The van der Waals surface area contributed by atoms with Crippen LogP contribution in [0.1, 0.15) is 25.7 Å². The molecule has 5 N–H and O–H groups in total. The highest BCUT2D eigenvalue weighted by atomic mass is 32.1. The Labute approximate surface area is 203 Å². The molecule has 1 aliphatic carbocycles. The van der Waals surface area contributed by atoms with Crippen molar-refractivity contribution in [3.05, 3.63) is 72.6 Å². The van der Waals surface area contributed by atoms with Gasteiger partial charge in [0.2, 0.25) is 5.91 Å². The van der Waals surface area contributed by atoms with E-state index in [-0.39, 0.29) is 17.5 Å². The Morgan fingerprint density at radius 3 is 1.85 bits per heavy atom. The number of amides is 1. The van der Waals surface area contributed by atoms with E-state index in [1.54, 1.807) is 36.7 Å². The van der Waals surface area contributed by atoms with E-state index in [4.69, 9.17) is 11.5 Å². The van der Waals surface area contributed by atoms with Gasteiger partial charge in [0.15, 0.2) is 10.3 Å². The van der Waals surface area contributed by atoms with Crippen molar-refractivity contribution in [2.24, 2.45) is 5.73 Å². The van der Waals surface area contributed by atoms with Gasteiger partial charge in [0.05, 0.1) is 15.3 Å². The molecule has 2 heterocycles. The third-order valence-corrected chi connectivity index (χ3v) is 7.29. The van der Waals surface area contributed by atoms with Crippen LogP contribution >= 0.6 is 22.7 Å². The third-order valence-electron chi connectivity index (χ3n) is 5.46. The van der Waals surface area contributed by atoms with Crippen LogP contribution in [-0.4, -0.2) is 21.4 Å². The summed E-state index contributed by atoms with van der Waals surface area (Å²) >= 11 is 2.75. The van der Waals surface area contributed by atoms with Gasteiger partial charge >= 0.3 is 0 Å². The van der Waals surface area contributed by atoms with Gasteiger partial charge in [0.1, 0.15) is 11.6 Å². The molecule has 1 fully saturated rings. The normalized spacial score (nSPS) is 14.3. The zero-order valence-corrected chi connectivity index (χ0v) is 19.8. The lowest BCUT2D eigenvalue weighted by molar-refractivity contribution is -0.121. The molecule has 0 unspecified atom stereocenters. The van der Waals surface area contributed by atoms with Gasteiger partial charge in [-0.05, 0) is 48.2 Å². The van der Waals surface area contributed by atoms with E-state index in [9.17, 15) is 13.6 Å². The number of aromatic nitrogens is 2. The van der Waals surface area contributed by atoms with Gasteiger partial charge in [-0.2, -0.15) is 0 Å². The number of nitrogens with one attached hydrogen (secondary N) is 1. The van der Waals surface area contributed by atoms with E-state index in [2.05, 4.69) is 15.3 Å². The first-order valence-electron chi connectivity index (χ1n) is 10.6. The van der Waals surface area contributed by atoms with Gasteiger partial charge in [-0.3, -0.25) is 4.79 Å². The third kappa shape index (κ3) is 5.82. The lowest BCUT2D eigenvalue weighted by Gasteiger charge is -2.21. The average Bonchev–Trinajstić information content (AvgIpc) is 3.58. The number of benzene rings is 2. The quantitative estimate of drug-likeness (QED) is 0.334. The van der Waals surface area contributed by atoms with Gasteiger partial charge in [-0.1, -0.05) is 59.8 Å². The summed E-state index contributed by atoms with van der Waals surface area (Å²) in [5.74, 6) is -0.677. The van der Waals surface area contributed by atoms with E-state index in [0.29, 0.717) is 10.3 Å². The van der Waals surface area contributed by atoms with Crippen molar-refractivity contribution >= 4 is 38.8 Å². The summed E-state index contributed by atoms with van der Waals surface area (Å²) < 4.78 is 25.5. The highest BCUT2D eigenvalue weighted by Crippen LogP contribution is 2.32. The van der Waals surface area contributed by atoms with E-state index in [1.807, 2.05) is 0 Å². The number of thiazole rings is 2. The molecule has 34 heavy (non-hydrogen) atoms. The van der Waals surface area contributed by atoms with Gasteiger partial charge in [0.25, 0.3) is 0 Å². The first kappa shape index (κ1) is 23.9. The molecular formula is C24H23F2N5OS2. The summed E-state index contributed by atoms with van der Waals surface area (Å²) in [4.78, 5) is 22.2. The Morgan fingerprint density at radius 2 is 1.35 bits per heavy atom. The van der Waals surface area contributed by atoms with Crippen molar-refractivity contribution in [2.45, 2.75) is 31.2 Å². The van der Waals surface area contributed by atoms with Crippen molar-refractivity contribution in [1.82, 2.24) is 9.97 Å². The van der Waals surface area contributed by atoms with Gasteiger partial charge in [-0.15, -0.1) is 0 Å². The molecule has 176 valence electrons. The van der Waals surface area contributed by atoms with Gasteiger partial charge < -0.3 is 16.8 Å². The topological polar surface area (TPSA) is 107 Å². The monoisotopic (exact) mass is 499 g/mol. The van der Waals surface area contributed by atoms with Crippen LogP contribution in [-0.2, 0) is 4.79 Å². The maximum Gasteiger partial charge on any atom is 0.246 e. The molecule has 0 aliphatic heterocycles. The molecule has 0 radical (unpaired) electrons. The molecule has 10 heteroatoms. The first-order chi connectivity index (χ1) is 16.3. The predicted molar refractivity (Wildman–Crippen MR) is 133 cm³/mol. The number of carbonyl (C=O) groups is 1. The molecule has 0 bridgehead atoms. The van der Waals surface area contributed by atoms with Crippen LogP contribution in [0.4, 0.5) is 19.0 Å². The Balaban J connectivity index is 0.000000180. The largest absolute Gasteiger partial charge is 0.375 e. The molecule has 0 atom stereocenters. The zero-order valence-electron chi connectivity index (χ0n) is 18.1. The number of rotatable bonds is 4. The number of nitrogen functional groups attached to an aromatic ring is 1. The van der Waals surface area contributed by atoms with Crippen molar-refractivity contribution < 1.29 is 13.6 Å². The summed E-state index contributed by atoms with van der Waals surface area (Å²) in [6.45, 7) is 0. The number of carbonyl (C=O) groups excluding carboxylic acids is 1. The molecule has 0 spiro atoms. The van der Waals surface area contributed by atoms with Crippen LogP contribution in [0.5, 0.6) is 0 Å². The molecular weight excluding hydrogens is 476 g/mol. The second-order valence-electron chi connectivity index (χ2n) is 7.92. The fourth-order valence-electron chi connectivity index (χ4n) is 3.57. The highest BCUT2D eigenvalue weighted by molar-refractivity contribution is 7.19. The minimum absolute atomic E-state index is 0.167. The minimum atomic E-state index is -0.762. The minimum Gasteiger partial charge on any atom is -0.375 e. The second-order valence-corrected chi connectivity index (χ2v) is 10.0. The Morgan fingerprint density at radius 1 is 0.853 bits per heavy atom. The molecule has 1 saturated carbocycles. The lowest BCUT2D eigenvalue weighted by Crippen LogP contribution is -2.48. The molecule has 2 aromatic carbocycles. The average molecular weight is 500 g/mol. The summed E-state index contributed by atoms with van der Waals surface area (Å²) in [6.07, 6.45) is 6.77. The number of nitrogens with two attached hydrogens (primary N) is 2. The van der Waals surface area contributed by atoms with Crippen molar-refractivity contribution in [2.75, 3.05) is 11.1 Å². The van der Waals surface area contributed by atoms with Crippen molar-refractivity contribution in [3.63, 3.8) is 0 Å². The number of hydrogen-bond donors (Lipinski definition) is 3. The Hall–Kier alpha value is -3.21. The zero-order chi connectivity index (χ0) is 24.1. The van der Waals surface area contributed by atoms with Crippen molar-refractivity contribution in [1.29, 1.82) is 0 Å².